The average molecular weight is 305 g/mol. The lowest BCUT2D eigenvalue weighted by Crippen LogP contribution is -2.28. The van der Waals surface area contributed by atoms with Gasteiger partial charge in [-0.1, -0.05) is 11.3 Å². The van der Waals surface area contributed by atoms with Crippen molar-refractivity contribution in [2.24, 2.45) is 0 Å². The molecule has 1 N–H and O–H groups in total. The smallest absolute Gasteiger partial charge is 0.274 e. The molecule has 0 fully saturated rings. The first-order valence-electron chi connectivity index (χ1n) is 4.86. The zero-order chi connectivity index (χ0) is 13.5. The summed E-state index contributed by atoms with van der Waals surface area (Å²) >= 11 is 2.64. The highest BCUT2D eigenvalue weighted by molar-refractivity contribution is 7.89. The topological polar surface area (TPSA) is 79.4 Å². The summed E-state index contributed by atoms with van der Waals surface area (Å²) < 4.78 is 24.7. The van der Waals surface area contributed by atoms with Crippen LogP contribution in [-0.4, -0.2) is 39.7 Å². The number of fused-ring (bicyclic) bond motifs is 1. The summed E-state index contributed by atoms with van der Waals surface area (Å²) in [5.74, 6) is -0.612. The van der Waals surface area contributed by atoms with E-state index >= 15 is 0 Å². The van der Waals surface area contributed by atoms with Gasteiger partial charge >= 0.3 is 0 Å². The molecule has 2 rings (SSSR count). The normalized spacial score (nSPS) is 11.7. The first-order chi connectivity index (χ1) is 8.26. The van der Waals surface area contributed by atoms with Crippen molar-refractivity contribution in [3.63, 3.8) is 0 Å². The number of thiophene rings is 1. The zero-order valence-electron chi connectivity index (χ0n) is 9.92. The number of carbonyl (C=O) groups is 1. The second kappa shape index (κ2) is 4.48. The van der Waals surface area contributed by atoms with Crippen LogP contribution in [0, 0.1) is 0 Å². The van der Waals surface area contributed by atoms with Crippen LogP contribution >= 0.6 is 22.7 Å². The lowest BCUT2D eigenvalue weighted by molar-refractivity contribution is 0.0985. The quantitative estimate of drug-likeness (QED) is 0.919. The summed E-state index contributed by atoms with van der Waals surface area (Å²) in [6.07, 6.45) is 0.948. The van der Waals surface area contributed by atoms with E-state index in [-0.39, 0.29) is 0 Å². The Balaban J connectivity index is 2.31. The Morgan fingerprint density at radius 2 is 2.06 bits per heavy atom. The predicted octanol–water partition coefficient (Wildman–Crippen LogP) is 1.11. The fraction of sp³-hybridized carbons (Fsp3) is 0.333. The lowest BCUT2D eigenvalue weighted by atomic mass is 10.4. The molecule has 0 saturated heterocycles. The van der Waals surface area contributed by atoms with Gasteiger partial charge in [0.1, 0.15) is 4.83 Å². The van der Waals surface area contributed by atoms with Gasteiger partial charge in [-0.3, -0.25) is 4.79 Å². The third kappa shape index (κ3) is 2.79. The fourth-order valence-corrected chi connectivity index (χ4v) is 3.79. The van der Waals surface area contributed by atoms with Gasteiger partial charge in [0.25, 0.3) is 5.91 Å². The molecule has 9 heteroatoms. The molecule has 0 aliphatic rings. The predicted molar refractivity (Wildman–Crippen MR) is 74.1 cm³/mol. The first kappa shape index (κ1) is 13.2. The molecule has 0 aliphatic carbocycles. The number of anilines is 1. The molecule has 6 nitrogen and oxygen atoms in total. The highest BCUT2D eigenvalue weighted by atomic mass is 32.2. The fourth-order valence-electron chi connectivity index (χ4n) is 1.25. The molecule has 0 radical (unpaired) electrons. The van der Waals surface area contributed by atoms with Crippen molar-refractivity contribution < 1.29 is 13.2 Å². The van der Waals surface area contributed by atoms with Crippen molar-refractivity contribution in [3.8, 4) is 0 Å². The van der Waals surface area contributed by atoms with Crippen molar-refractivity contribution >= 4 is 53.3 Å². The maximum Gasteiger partial charge on any atom is 0.274 e. The van der Waals surface area contributed by atoms with Crippen LogP contribution in [0.3, 0.4) is 0 Å². The Morgan fingerprint density at radius 1 is 1.39 bits per heavy atom. The molecule has 0 aromatic carbocycles. The van der Waals surface area contributed by atoms with Gasteiger partial charge in [0.15, 0.2) is 5.13 Å². The van der Waals surface area contributed by atoms with E-state index in [1.54, 1.807) is 6.07 Å². The molecule has 98 valence electrons. The Morgan fingerprint density at radius 3 is 2.56 bits per heavy atom. The Hall–Kier alpha value is -1.19. The van der Waals surface area contributed by atoms with Gasteiger partial charge in [-0.05, 0) is 6.07 Å². The van der Waals surface area contributed by atoms with Gasteiger partial charge in [-0.15, -0.1) is 11.3 Å². The first-order valence-corrected chi connectivity index (χ1v) is 8.38. The van der Waals surface area contributed by atoms with Crippen molar-refractivity contribution in [2.45, 2.75) is 0 Å². The van der Waals surface area contributed by atoms with Crippen LogP contribution in [0.15, 0.2) is 6.07 Å². The van der Waals surface area contributed by atoms with E-state index < -0.39 is 15.9 Å². The van der Waals surface area contributed by atoms with Crippen LogP contribution in [0.5, 0.6) is 0 Å². The van der Waals surface area contributed by atoms with E-state index in [0.29, 0.717) is 4.88 Å². The number of aromatic nitrogens is 1. The third-order valence-electron chi connectivity index (χ3n) is 1.96. The summed E-state index contributed by atoms with van der Waals surface area (Å²) in [5.41, 5.74) is 0. The monoisotopic (exact) mass is 305 g/mol. The van der Waals surface area contributed by atoms with Gasteiger partial charge in [0.05, 0.1) is 15.8 Å². The molecule has 2 aromatic rings. The van der Waals surface area contributed by atoms with Crippen LogP contribution in [0.4, 0.5) is 5.13 Å². The molecule has 2 heterocycles. The van der Waals surface area contributed by atoms with Crippen LogP contribution in [0.1, 0.15) is 9.67 Å². The summed E-state index contributed by atoms with van der Waals surface area (Å²) in [5, 5.41) is 0.853. The van der Waals surface area contributed by atoms with E-state index in [1.165, 1.54) is 22.7 Å². The van der Waals surface area contributed by atoms with Gasteiger partial charge in [-0.2, -0.15) is 0 Å². The minimum Gasteiger partial charge on any atom is -0.354 e. The number of hydrogen-bond acceptors (Lipinski definition) is 7. The number of rotatable bonds is 3. The molecule has 0 atom stereocenters. The third-order valence-corrected chi connectivity index (χ3v) is 4.85. The minimum absolute atomic E-state index is 0.347. The van der Waals surface area contributed by atoms with Crippen LogP contribution < -0.4 is 9.62 Å². The highest BCUT2D eigenvalue weighted by Gasteiger charge is 2.17. The van der Waals surface area contributed by atoms with E-state index in [2.05, 4.69) is 4.98 Å². The second-order valence-electron chi connectivity index (χ2n) is 3.87. The molecule has 0 saturated carbocycles. The maximum absolute atomic E-state index is 11.6. The number of nitrogens with one attached hydrogen (secondary N) is 1. The van der Waals surface area contributed by atoms with Gasteiger partial charge in [0, 0.05) is 14.1 Å². The molecular formula is C9H11N3O3S3. The maximum atomic E-state index is 11.6. The van der Waals surface area contributed by atoms with E-state index in [9.17, 15) is 13.2 Å². The lowest BCUT2D eigenvalue weighted by Gasteiger charge is -2.05. The van der Waals surface area contributed by atoms with Crippen molar-refractivity contribution in [1.29, 1.82) is 0 Å². The summed E-state index contributed by atoms with van der Waals surface area (Å²) in [6.45, 7) is 0. The number of thiazole rings is 1. The SMILES string of the molecule is CN(C)c1nc2sc(C(=O)NS(C)(=O)=O)cc2s1. The molecule has 0 aliphatic heterocycles. The van der Waals surface area contributed by atoms with Gasteiger partial charge < -0.3 is 4.90 Å². The minimum atomic E-state index is -3.53. The zero-order valence-corrected chi connectivity index (χ0v) is 12.4. The summed E-state index contributed by atoms with van der Waals surface area (Å²) in [7, 11) is 0.245. The van der Waals surface area contributed by atoms with Crippen LogP contribution in [0.25, 0.3) is 9.53 Å². The summed E-state index contributed by atoms with van der Waals surface area (Å²) in [6, 6.07) is 1.66. The van der Waals surface area contributed by atoms with E-state index in [4.69, 9.17) is 0 Å². The van der Waals surface area contributed by atoms with Gasteiger partial charge in [-0.25, -0.2) is 18.1 Å². The molecule has 0 unspecified atom stereocenters. The summed E-state index contributed by atoms with van der Waals surface area (Å²) in [4.78, 5) is 18.9. The standard InChI is InChI=1S/C9H11N3O3S3/c1-12(2)9-10-8-6(17-9)4-5(16-8)7(13)11-18(3,14)15/h4H,1-3H3,(H,11,13). The number of carbonyl (C=O) groups excluding carboxylic acids is 1. The molecule has 0 spiro atoms. The Labute approximate surface area is 112 Å². The average Bonchev–Trinajstić information content (AvgIpc) is 2.69. The molecule has 1 amide bonds. The molecule has 18 heavy (non-hydrogen) atoms. The number of hydrogen-bond donors (Lipinski definition) is 1. The molecular weight excluding hydrogens is 294 g/mol. The number of amides is 1. The van der Waals surface area contributed by atoms with Gasteiger partial charge in [0.2, 0.25) is 10.0 Å². The van der Waals surface area contributed by atoms with Crippen LogP contribution in [-0.2, 0) is 10.0 Å². The second-order valence-corrected chi connectivity index (χ2v) is 7.66. The molecule has 0 bridgehead atoms. The number of sulfonamides is 1. The van der Waals surface area contributed by atoms with Crippen molar-refractivity contribution in [1.82, 2.24) is 9.71 Å². The van der Waals surface area contributed by atoms with Crippen molar-refractivity contribution in [3.05, 3.63) is 10.9 Å². The van der Waals surface area contributed by atoms with Crippen LogP contribution in [0.2, 0.25) is 0 Å². The highest BCUT2D eigenvalue weighted by Crippen LogP contribution is 2.33. The Kier molecular flexibility index (Phi) is 3.30. The van der Waals surface area contributed by atoms with E-state index in [1.807, 2.05) is 23.7 Å². The molecule has 2 aromatic heterocycles. The van der Waals surface area contributed by atoms with Crippen molar-refractivity contribution in [2.75, 3.05) is 25.3 Å². The Bertz CT molecular complexity index is 668. The number of nitrogens with zero attached hydrogens (tertiary/aromatic N) is 2. The largest absolute Gasteiger partial charge is 0.354 e. The van der Waals surface area contributed by atoms with E-state index in [0.717, 1.165) is 20.9 Å².